The Hall–Kier alpha value is -4.99. The van der Waals surface area contributed by atoms with Crippen LogP contribution in [0, 0.1) is 11.3 Å². The summed E-state index contributed by atoms with van der Waals surface area (Å²) in [5.74, 6) is -2.38. The molecule has 52 heavy (non-hydrogen) atoms. The van der Waals surface area contributed by atoms with Gasteiger partial charge in [0.2, 0.25) is 17.7 Å². The molecule has 0 spiro atoms. The summed E-state index contributed by atoms with van der Waals surface area (Å²) in [6.45, 7) is 9.38. The van der Waals surface area contributed by atoms with E-state index in [0.717, 1.165) is 11.4 Å². The first-order valence-corrected chi connectivity index (χ1v) is 17.6. The SMILES string of the molecule is CNCC(C)(C)CN(C)C(=O)OCc1ccc(NC(=O)[C@H](CCCNC(N)=O)NC(=O)[C@@H](NC(=O)CCCCCN2C(=O)C=CC2=O)C(C)C)cc1. The number of primary amides is 1. The number of anilines is 1. The van der Waals surface area contributed by atoms with E-state index in [4.69, 9.17) is 10.5 Å². The normalized spacial score (nSPS) is 13.8. The molecule has 0 saturated heterocycles. The van der Waals surface area contributed by atoms with Crippen molar-refractivity contribution in [1.82, 2.24) is 31.1 Å². The van der Waals surface area contributed by atoms with Crippen LogP contribution in [-0.4, -0.2) is 104 Å². The third-order valence-corrected chi connectivity index (χ3v) is 8.27. The molecule has 1 aromatic carbocycles. The fourth-order valence-corrected chi connectivity index (χ4v) is 5.62. The zero-order valence-corrected chi connectivity index (χ0v) is 31.2. The molecular weight excluding hydrogens is 672 g/mol. The summed E-state index contributed by atoms with van der Waals surface area (Å²) in [4.78, 5) is 89.3. The summed E-state index contributed by atoms with van der Waals surface area (Å²) < 4.78 is 5.45. The summed E-state index contributed by atoms with van der Waals surface area (Å²) in [5.41, 5.74) is 6.18. The quantitative estimate of drug-likeness (QED) is 0.0758. The Labute approximate surface area is 306 Å². The highest BCUT2D eigenvalue weighted by molar-refractivity contribution is 6.12. The highest BCUT2D eigenvalue weighted by atomic mass is 16.6. The monoisotopic (exact) mass is 728 g/mol. The number of nitrogens with two attached hydrogens (primary N) is 1. The average Bonchev–Trinajstić information content (AvgIpc) is 3.39. The number of carbonyl (C=O) groups excluding carboxylic acids is 7. The summed E-state index contributed by atoms with van der Waals surface area (Å²) in [6, 6.07) is 4.10. The topological polar surface area (TPSA) is 221 Å². The van der Waals surface area contributed by atoms with Crippen molar-refractivity contribution in [2.45, 2.75) is 84.9 Å². The van der Waals surface area contributed by atoms with Crippen LogP contribution in [0.25, 0.3) is 0 Å². The summed E-state index contributed by atoms with van der Waals surface area (Å²) in [7, 11) is 3.54. The zero-order valence-electron chi connectivity index (χ0n) is 31.2. The lowest BCUT2D eigenvalue weighted by atomic mass is 9.93. The maximum Gasteiger partial charge on any atom is 0.409 e. The fourth-order valence-electron chi connectivity index (χ4n) is 5.62. The molecule has 8 amide bonds. The Morgan fingerprint density at radius 3 is 2.17 bits per heavy atom. The third kappa shape index (κ3) is 15.5. The number of amides is 8. The van der Waals surface area contributed by atoms with E-state index in [0.29, 0.717) is 43.5 Å². The summed E-state index contributed by atoms with van der Waals surface area (Å²) >= 11 is 0. The highest BCUT2D eigenvalue weighted by Crippen LogP contribution is 2.17. The van der Waals surface area contributed by atoms with E-state index in [1.165, 1.54) is 17.1 Å². The predicted octanol–water partition coefficient (Wildman–Crippen LogP) is 2.00. The Kier molecular flexibility index (Phi) is 17.8. The summed E-state index contributed by atoms with van der Waals surface area (Å²) in [5, 5.41) is 13.9. The minimum atomic E-state index is -1.01. The highest BCUT2D eigenvalue weighted by Gasteiger charge is 2.29. The van der Waals surface area contributed by atoms with Crippen LogP contribution in [0.15, 0.2) is 36.4 Å². The van der Waals surface area contributed by atoms with Gasteiger partial charge in [-0.3, -0.25) is 28.9 Å². The van der Waals surface area contributed by atoms with E-state index in [-0.39, 0.29) is 61.6 Å². The van der Waals surface area contributed by atoms with Crippen molar-refractivity contribution >= 4 is 47.3 Å². The van der Waals surface area contributed by atoms with Crippen LogP contribution in [0.4, 0.5) is 15.3 Å². The number of ether oxygens (including phenoxy) is 1. The van der Waals surface area contributed by atoms with E-state index < -0.39 is 36.0 Å². The molecule has 16 heteroatoms. The van der Waals surface area contributed by atoms with Crippen molar-refractivity contribution < 1.29 is 38.3 Å². The number of rotatable bonds is 22. The Morgan fingerprint density at radius 2 is 1.58 bits per heavy atom. The standard InChI is InChI=1S/C36H56N8O8/c1-24(2)31(42-28(45)12-8-7-9-20-44-29(46)17-18-30(44)47)33(49)41-27(11-10-19-39-34(37)50)32(48)40-26-15-13-25(14-16-26)21-52-35(51)43(6)23-36(3,4)22-38-5/h13-18,24,27,31,38H,7-12,19-23H2,1-6H3,(H,40,48)(H,41,49)(H,42,45)(H3,37,39,50)/t27-,31-/m0/s1. The van der Waals surface area contributed by atoms with E-state index in [1.54, 1.807) is 45.2 Å². The smallest absolute Gasteiger partial charge is 0.409 e. The number of hydrogen-bond donors (Lipinski definition) is 6. The van der Waals surface area contributed by atoms with Crippen LogP contribution in [0.1, 0.15) is 71.8 Å². The minimum absolute atomic E-state index is 0.0377. The van der Waals surface area contributed by atoms with E-state index in [1.807, 2.05) is 20.9 Å². The molecule has 2 rings (SSSR count). The number of nitrogens with zero attached hydrogens (tertiary/aromatic N) is 2. The van der Waals surface area contributed by atoms with Gasteiger partial charge in [0.15, 0.2) is 0 Å². The molecule has 0 bridgehead atoms. The van der Waals surface area contributed by atoms with E-state index in [2.05, 4.69) is 26.6 Å². The van der Waals surface area contributed by atoms with Crippen molar-refractivity contribution in [2.24, 2.45) is 17.1 Å². The molecule has 0 radical (unpaired) electrons. The van der Waals surface area contributed by atoms with Crippen LogP contribution >= 0.6 is 0 Å². The van der Waals surface area contributed by atoms with Crippen molar-refractivity contribution in [2.75, 3.05) is 45.6 Å². The van der Waals surface area contributed by atoms with Gasteiger partial charge in [0.05, 0.1) is 0 Å². The average molecular weight is 729 g/mol. The molecular formula is C36H56N8O8. The number of unbranched alkanes of at least 4 members (excludes halogenated alkanes) is 2. The molecule has 2 atom stereocenters. The van der Waals surface area contributed by atoms with Crippen molar-refractivity contribution in [1.29, 1.82) is 0 Å². The van der Waals surface area contributed by atoms with Crippen LogP contribution in [0.5, 0.6) is 0 Å². The van der Waals surface area contributed by atoms with Crippen LogP contribution < -0.4 is 32.3 Å². The molecule has 288 valence electrons. The number of benzene rings is 1. The van der Waals surface area contributed by atoms with Gasteiger partial charge in [0.1, 0.15) is 18.7 Å². The van der Waals surface area contributed by atoms with Gasteiger partial charge in [-0.25, -0.2) is 9.59 Å². The van der Waals surface area contributed by atoms with Gasteiger partial charge in [-0.15, -0.1) is 0 Å². The number of imide groups is 1. The third-order valence-electron chi connectivity index (χ3n) is 8.27. The maximum atomic E-state index is 13.4. The Balaban J connectivity index is 1.95. The second-order valence-corrected chi connectivity index (χ2v) is 14.0. The second kappa shape index (κ2) is 21.4. The van der Waals surface area contributed by atoms with E-state index >= 15 is 0 Å². The van der Waals surface area contributed by atoms with Crippen LogP contribution in [0.3, 0.4) is 0 Å². The molecule has 16 nitrogen and oxygen atoms in total. The largest absolute Gasteiger partial charge is 0.445 e. The predicted molar refractivity (Wildman–Crippen MR) is 195 cm³/mol. The van der Waals surface area contributed by atoms with Gasteiger partial charge in [0.25, 0.3) is 11.8 Å². The maximum absolute atomic E-state index is 13.4. The minimum Gasteiger partial charge on any atom is -0.445 e. The second-order valence-electron chi connectivity index (χ2n) is 14.0. The number of nitrogens with one attached hydrogen (secondary N) is 5. The van der Waals surface area contributed by atoms with Gasteiger partial charge in [-0.05, 0) is 61.8 Å². The molecule has 0 aliphatic carbocycles. The summed E-state index contributed by atoms with van der Waals surface area (Å²) in [6.07, 6.45) is 4.28. The molecule has 1 heterocycles. The number of hydrogen-bond acceptors (Lipinski definition) is 9. The molecule has 0 unspecified atom stereocenters. The number of carbonyl (C=O) groups is 7. The van der Waals surface area contributed by atoms with Gasteiger partial charge in [0, 0.05) is 57.5 Å². The lowest BCUT2D eigenvalue weighted by Gasteiger charge is -2.29. The van der Waals surface area contributed by atoms with Crippen LogP contribution in [-0.2, 0) is 35.3 Å². The molecule has 0 fully saturated rings. The van der Waals surface area contributed by atoms with Crippen molar-refractivity contribution in [3.05, 3.63) is 42.0 Å². The first-order chi connectivity index (χ1) is 24.5. The van der Waals surface area contributed by atoms with Gasteiger partial charge < -0.3 is 42.0 Å². The molecule has 0 aromatic heterocycles. The molecule has 1 aliphatic heterocycles. The molecule has 1 aromatic rings. The number of urea groups is 1. The molecule has 1 aliphatic rings. The Morgan fingerprint density at radius 1 is 0.923 bits per heavy atom. The lowest BCUT2D eigenvalue weighted by Crippen LogP contribution is -2.54. The first kappa shape index (κ1) is 43.2. The molecule has 0 saturated carbocycles. The Bertz CT molecular complexity index is 1410. The lowest BCUT2D eigenvalue weighted by molar-refractivity contribution is -0.137. The first-order valence-electron chi connectivity index (χ1n) is 17.6. The van der Waals surface area contributed by atoms with E-state index in [9.17, 15) is 33.6 Å². The van der Waals surface area contributed by atoms with Gasteiger partial charge >= 0.3 is 12.1 Å². The van der Waals surface area contributed by atoms with Crippen molar-refractivity contribution in [3.63, 3.8) is 0 Å². The fraction of sp³-hybridized carbons (Fsp3) is 0.583. The molecule has 7 N–H and O–H groups in total. The van der Waals surface area contributed by atoms with Gasteiger partial charge in [-0.2, -0.15) is 0 Å². The van der Waals surface area contributed by atoms with Gasteiger partial charge in [-0.1, -0.05) is 46.2 Å². The van der Waals surface area contributed by atoms with Crippen molar-refractivity contribution in [3.8, 4) is 0 Å². The zero-order chi connectivity index (χ0) is 38.8. The van der Waals surface area contributed by atoms with Crippen LogP contribution in [0.2, 0.25) is 0 Å².